The smallest absolute Gasteiger partial charge is 0.339 e. The lowest BCUT2D eigenvalue weighted by atomic mass is 9.79. The van der Waals surface area contributed by atoms with Crippen molar-refractivity contribution in [1.82, 2.24) is 0 Å². The average molecular weight is 298 g/mol. The van der Waals surface area contributed by atoms with Crippen molar-refractivity contribution in [2.75, 3.05) is 0 Å². The second-order valence-electron chi connectivity index (χ2n) is 6.24. The van der Waals surface area contributed by atoms with Crippen LogP contribution in [0.2, 0.25) is 0 Å². The molecule has 0 aliphatic rings. The molecule has 2 rings (SSSR count). The summed E-state index contributed by atoms with van der Waals surface area (Å²) in [7, 11) is 0. The van der Waals surface area contributed by atoms with E-state index in [0.717, 1.165) is 17.5 Å². The van der Waals surface area contributed by atoms with Crippen molar-refractivity contribution in [1.29, 1.82) is 0 Å². The zero-order valence-electron chi connectivity index (χ0n) is 13.3. The highest BCUT2D eigenvalue weighted by atomic mass is 16.4. The number of phenols is 1. The molecule has 2 aromatic carbocycles. The molecule has 0 amide bonds. The number of benzene rings is 2. The van der Waals surface area contributed by atoms with Crippen LogP contribution in [0.5, 0.6) is 5.75 Å². The van der Waals surface area contributed by atoms with Crippen LogP contribution >= 0.6 is 0 Å². The van der Waals surface area contributed by atoms with Crippen LogP contribution in [0, 0.1) is 0 Å². The van der Waals surface area contributed by atoms with Gasteiger partial charge in [-0.2, -0.15) is 0 Å². The standard InChI is InChI=1S/C19H22O3/c1-4-19(2,3)16-12-14(10-13-8-6-5-7-9-13)11-15(17(16)20)18(21)22/h5-9,11-12,20H,4,10H2,1-3H3,(H,21,22). The minimum Gasteiger partial charge on any atom is -0.507 e. The highest BCUT2D eigenvalue weighted by Crippen LogP contribution is 2.37. The van der Waals surface area contributed by atoms with Gasteiger partial charge in [-0.15, -0.1) is 0 Å². The predicted octanol–water partition coefficient (Wildman–Crippen LogP) is 4.37. The molecule has 0 unspecified atom stereocenters. The van der Waals surface area contributed by atoms with Crippen LogP contribution < -0.4 is 0 Å². The molecule has 3 heteroatoms. The summed E-state index contributed by atoms with van der Waals surface area (Å²) < 4.78 is 0. The fourth-order valence-electron chi connectivity index (χ4n) is 2.50. The van der Waals surface area contributed by atoms with Crippen molar-refractivity contribution >= 4 is 5.97 Å². The molecule has 0 aliphatic carbocycles. The zero-order valence-corrected chi connectivity index (χ0v) is 13.3. The normalized spacial score (nSPS) is 11.4. The molecule has 0 aliphatic heterocycles. The maximum atomic E-state index is 11.4. The first-order chi connectivity index (χ1) is 10.3. The third-order valence-electron chi connectivity index (χ3n) is 4.26. The number of carboxylic acids is 1. The molecule has 2 N–H and O–H groups in total. The number of aromatic carboxylic acids is 1. The number of aromatic hydroxyl groups is 1. The number of hydrogen-bond acceptors (Lipinski definition) is 2. The number of hydrogen-bond donors (Lipinski definition) is 2. The van der Waals surface area contributed by atoms with E-state index >= 15 is 0 Å². The second kappa shape index (κ2) is 6.22. The molecule has 116 valence electrons. The van der Waals surface area contributed by atoms with Crippen LogP contribution in [0.15, 0.2) is 42.5 Å². The third kappa shape index (κ3) is 3.30. The minimum atomic E-state index is -1.10. The summed E-state index contributed by atoms with van der Waals surface area (Å²) in [5, 5.41) is 19.7. The first kappa shape index (κ1) is 16.1. The van der Waals surface area contributed by atoms with Crippen LogP contribution in [-0.4, -0.2) is 16.2 Å². The Morgan fingerprint density at radius 2 is 1.73 bits per heavy atom. The molecule has 0 saturated heterocycles. The lowest BCUT2D eigenvalue weighted by Gasteiger charge is -2.26. The van der Waals surface area contributed by atoms with Crippen molar-refractivity contribution in [3.05, 3.63) is 64.7 Å². The van der Waals surface area contributed by atoms with Gasteiger partial charge in [0.25, 0.3) is 0 Å². The minimum absolute atomic E-state index is 0.0232. The van der Waals surface area contributed by atoms with E-state index in [4.69, 9.17) is 0 Å². The quantitative estimate of drug-likeness (QED) is 0.861. The summed E-state index contributed by atoms with van der Waals surface area (Å²) in [6.45, 7) is 6.06. The van der Waals surface area contributed by atoms with Crippen molar-refractivity contribution in [3.8, 4) is 5.75 Å². The van der Waals surface area contributed by atoms with Crippen LogP contribution in [-0.2, 0) is 11.8 Å². The van der Waals surface area contributed by atoms with Gasteiger partial charge < -0.3 is 10.2 Å². The fourth-order valence-corrected chi connectivity index (χ4v) is 2.50. The lowest BCUT2D eigenvalue weighted by molar-refractivity contribution is 0.0693. The Balaban J connectivity index is 2.53. The van der Waals surface area contributed by atoms with Gasteiger partial charge in [-0.25, -0.2) is 4.79 Å². The van der Waals surface area contributed by atoms with Crippen molar-refractivity contribution in [3.63, 3.8) is 0 Å². The van der Waals surface area contributed by atoms with Gasteiger partial charge in [0.15, 0.2) is 0 Å². The van der Waals surface area contributed by atoms with E-state index in [1.165, 1.54) is 0 Å². The maximum Gasteiger partial charge on any atom is 0.339 e. The SMILES string of the molecule is CCC(C)(C)c1cc(Cc2ccccc2)cc(C(=O)O)c1O. The molecular formula is C19H22O3. The van der Waals surface area contributed by atoms with Crippen molar-refractivity contribution in [2.24, 2.45) is 0 Å². The van der Waals surface area contributed by atoms with E-state index in [-0.39, 0.29) is 16.7 Å². The van der Waals surface area contributed by atoms with Crippen molar-refractivity contribution in [2.45, 2.75) is 39.0 Å². The van der Waals surface area contributed by atoms with Crippen molar-refractivity contribution < 1.29 is 15.0 Å². The summed E-state index contributed by atoms with van der Waals surface area (Å²) in [6, 6.07) is 13.4. The topological polar surface area (TPSA) is 57.5 Å². The van der Waals surface area contributed by atoms with Gasteiger partial charge in [0.2, 0.25) is 0 Å². The van der Waals surface area contributed by atoms with Gasteiger partial charge in [-0.1, -0.05) is 57.2 Å². The molecule has 0 fully saturated rings. The molecule has 0 radical (unpaired) electrons. The largest absolute Gasteiger partial charge is 0.507 e. The summed E-state index contributed by atoms with van der Waals surface area (Å²) in [4.78, 5) is 11.4. The second-order valence-corrected chi connectivity index (χ2v) is 6.24. The molecule has 0 heterocycles. The molecule has 22 heavy (non-hydrogen) atoms. The van der Waals surface area contributed by atoms with Gasteiger partial charge in [0.1, 0.15) is 11.3 Å². The Morgan fingerprint density at radius 3 is 2.27 bits per heavy atom. The van der Waals surface area contributed by atoms with E-state index in [0.29, 0.717) is 12.0 Å². The summed E-state index contributed by atoms with van der Waals surface area (Å²) >= 11 is 0. The summed E-state index contributed by atoms with van der Waals surface area (Å²) in [5.41, 5.74) is 2.41. The van der Waals surface area contributed by atoms with E-state index < -0.39 is 5.97 Å². The Kier molecular flexibility index (Phi) is 4.55. The molecular weight excluding hydrogens is 276 g/mol. The molecule has 0 bridgehead atoms. The van der Waals surface area contributed by atoms with E-state index in [9.17, 15) is 15.0 Å². The Morgan fingerprint density at radius 1 is 1.09 bits per heavy atom. The molecule has 2 aromatic rings. The molecule has 0 saturated carbocycles. The lowest BCUT2D eigenvalue weighted by Crippen LogP contribution is -2.17. The van der Waals surface area contributed by atoms with Gasteiger partial charge >= 0.3 is 5.97 Å². The first-order valence-electron chi connectivity index (χ1n) is 7.48. The number of carboxylic acid groups (broad SMARTS) is 1. The van der Waals surface area contributed by atoms with Gasteiger partial charge in [-0.05, 0) is 35.4 Å². The summed E-state index contributed by atoms with van der Waals surface area (Å²) in [6.07, 6.45) is 1.46. The molecule has 0 atom stereocenters. The Bertz CT molecular complexity index is 673. The zero-order chi connectivity index (χ0) is 16.3. The molecule has 3 nitrogen and oxygen atoms in total. The number of carbonyl (C=O) groups is 1. The van der Waals surface area contributed by atoms with Gasteiger partial charge in [-0.3, -0.25) is 0 Å². The Labute approximate surface area is 131 Å². The third-order valence-corrected chi connectivity index (χ3v) is 4.26. The maximum absolute atomic E-state index is 11.4. The van der Waals surface area contributed by atoms with E-state index in [2.05, 4.69) is 0 Å². The number of rotatable bonds is 5. The van der Waals surface area contributed by atoms with Gasteiger partial charge in [0, 0.05) is 5.56 Å². The Hall–Kier alpha value is -2.29. The highest BCUT2D eigenvalue weighted by molar-refractivity contribution is 5.91. The molecule has 0 spiro atoms. The first-order valence-corrected chi connectivity index (χ1v) is 7.48. The van der Waals surface area contributed by atoms with Crippen LogP contribution in [0.3, 0.4) is 0 Å². The monoisotopic (exact) mass is 298 g/mol. The van der Waals surface area contributed by atoms with Gasteiger partial charge in [0.05, 0.1) is 0 Å². The van der Waals surface area contributed by atoms with Crippen LogP contribution in [0.1, 0.15) is 54.2 Å². The predicted molar refractivity (Wildman–Crippen MR) is 87.6 cm³/mol. The highest BCUT2D eigenvalue weighted by Gasteiger charge is 2.26. The summed E-state index contributed by atoms with van der Waals surface area (Å²) in [5.74, 6) is -1.21. The molecule has 0 aromatic heterocycles. The van der Waals surface area contributed by atoms with E-state index in [1.807, 2.05) is 57.2 Å². The van der Waals surface area contributed by atoms with Crippen LogP contribution in [0.25, 0.3) is 0 Å². The van der Waals surface area contributed by atoms with E-state index in [1.54, 1.807) is 6.07 Å². The fraction of sp³-hybridized carbons (Fsp3) is 0.316. The average Bonchev–Trinajstić information content (AvgIpc) is 2.49. The van der Waals surface area contributed by atoms with Crippen LogP contribution in [0.4, 0.5) is 0 Å².